The third-order valence-electron chi connectivity index (χ3n) is 2.85. The molecule has 0 aliphatic heterocycles. The summed E-state index contributed by atoms with van der Waals surface area (Å²) in [5, 5.41) is 18.0. The van der Waals surface area contributed by atoms with Crippen molar-refractivity contribution < 1.29 is 19.4 Å². The molecule has 0 saturated carbocycles. The Kier molecular flexibility index (Phi) is 3.85. The number of rotatable bonds is 3. The predicted molar refractivity (Wildman–Crippen MR) is 54.2 cm³/mol. The molecule has 0 bridgehead atoms. The van der Waals surface area contributed by atoms with E-state index >= 15 is 0 Å². The van der Waals surface area contributed by atoms with E-state index in [1.54, 1.807) is 0 Å². The molecule has 4 atom stereocenters. The Morgan fingerprint density at radius 3 is 2.73 bits per heavy atom. The SMILES string of the molecule is CC1=CC(C)CC(C(O)C(F)C(=O)O)C1. The van der Waals surface area contributed by atoms with Crippen LogP contribution in [0.1, 0.15) is 26.7 Å². The number of hydrogen-bond donors (Lipinski definition) is 2. The van der Waals surface area contributed by atoms with Gasteiger partial charge in [-0.2, -0.15) is 0 Å². The fourth-order valence-electron chi connectivity index (χ4n) is 2.24. The molecule has 0 radical (unpaired) electrons. The van der Waals surface area contributed by atoms with E-state index < -0.39 is 18.2 Å². The number of aliphatic carboxylic acids is 1. The van der Waals surface area contributed by atoms with Gasteiger partial charge in [-0.05, 0) is 31.6 Å². The Morgan fingerprint density at radius 1 is 1.67 bits per heavy atom. The van der Waals surface area contributed by atoms with Gasteiger partial charge in [0.05, 0.1) is 6.10 Å². The van der Waals surface area contributed by atoms with Crippen molar-refractivity contribution in [2.45, 2.75) is 39.0 Å². The number of hydrogen-bond acceptors (Lipinski definition) is 2. The Bertz CT molecular complexity index is 275. The van der Waals surface area contributed by atoms with Crippen LogP contribution in [0.2, 0.25) is 0 Å². The van der Waals surface area contributed by atoms with Crippen LogP contribution in [0.5, 0.6) is 0 Å². The maximum Gasteiger partial charge on any atom is 0.341 e. The van der Waals surface area contributed by atoms with Crippen molar-refractivity contribution in [3.63, 3.8) is 0 Å². The third-order valence-corrected chi connectivity index (χ3v) is 2.85. The smallest absolute Gasteiger partial charge is 0.341 e. The lowest BCUT2D eigenvalue weighted by Gasteiger charge is -2.29. The largest absolute Gasteiger partial charge is 0.479 e. The summed E-state index contributed by atoms with van der Waals surface area (Å²) in [6.45, 7) is 3.90. The molecule has 0 fully saturated rings. The molecule has 1 aliphatic rings. The second-order valence-corrected chi connectivity index (χ2v) is 4.42. The zero-order valence-electron chi connectivity index (χ0n) is 8.98. The quantitative estimate of drug-likeness (QED) is 0.707. The van der Waals surface area contributed by atoms with Crippen LogP contribution in [-0.4, -0.2) is 28.5 Å². The summed E-state index contributed by atoms with van der Waals surface area (Å²) in [7, 11) is 0. The molecule has 0 saturated heterocycles. The van der Waals surface area contributed by atoms with Crippen molar-refractivity contribution in [3.05, 3.63) is 11.6 Å². The van der Waals surface area contributed by atoms with Crippen LogP contribution < -0.4 is 0 Å². The average Bonchev–Trinajstić information content (AvgIpc) is 2.13. The second-order valence-electron chi connectivity index (χ2n) is 4.42. The standard InChI is InChI=1S/C11H17FO3/c1-6-3-7(2)5-8(4-6)10(13)9(12)11(14)15/h3,6,8-10,13H,4-5H2,1-2H3,(H,14,15). The number of allylic oxidation sites excluding steroid dienone is 2. The van der Waals surface area contributed by atoms with Gasteiger partial charge in [0, 0.05) is 0 Å². The molecule has 86 valence electrons. The van der Waals surface area contributed by atoms with Gasteiger partial charge in [0.25, 0.3) is 0 Å². The summed E-state index contributed by atoms with van der Waals surface area (Å²) in [5.41, 5.74) is 1.09. The predicted octanol–water partition coefficient (Wildman–Crippen LogP) is 1.76. The minimum absolute atomic E-state index is 0.277. The number of carboxylic acid groups (broad SMARTS) is 1. The normalized spacial score (nSPS) is 30.5. The van der Waals surface area contributed by atoms with Crippen LogP contribution in [-0.2, 0) is 4.79 Å². The number of halogens is 1. The van der Waals surface area contributed by atoms with Crippen molar-refractivity contribution in [3.8, 4) is 0 Å². The second kappa shape index (κ2) is 4.75. The summed E-state index contributed by atoms with van der Waals surface area (Å²) in [4.78, 5) is 10.4. The first kappa shape index (κ1) is 12.2. The molecular weight excluding hydrogens is 199 g/mol. The number of aliphatic hydroxyl groups is 1. The number of aliphatic hydroxyl groups excluding tert-OH is 1. The van der Waals surface area contributed by atoms with E-state index in [4.69, 9.17) is 5.11 Å². The molecule has 0 spiro atoms. The Labute approximate surface area is 88.6 Å². The van der Waals surface area contributed by atoms with Crippen LogP contribution in [0.4, 0.5) is 4.39 Å². The molecule has 3 nitrogen and oxygen atoms in total. The van der Waals surface area contributed by atoms with Gasteiger partial charge in [-0.25, -0.2) is 9.18 Å². The Balaban J connectivity index is 2.65. The molecule has 0 aromatic carbocycles. The lowest BCUT2D eigenvalue weighted by molar-refractivity contribution is -0.149. The Morgan fingerprint density at radius 2 is 2.27 bits per heavy atom. The first-order valence-corrected chi connectivity index (χ1v) is 5.14. The van der Waals surface area contributed by atoms with Crippen molar-refractivity contribution in [1.29, 1.82) is 0 Å². The van der Waals surface area contributed by atoms with Crippen LogP contribution >= 0.6 is 0 Å². The molecule has 2 N–H and O–H groups in total. The number of alkyl halides is 1. The highest BCUT2D eigenvalue weighted by Gasteiger charge is 2.34. The minimum atomic E-state index is -2.17. The molecule has 4 heteroatoms. The van der Waals surface area contributed by atoms with Gasteiger partial charge >= 0.3 is 5.97 Å². The molecule has 1 rings (SSSR count). The van der Waals surface area contributed by atoms with E-state index in [-0.39, 0.29) is 11.8 Å². The number of carbonyl (C=O) groups is 1. The summed E-state index contributed by atoms with van der Waals surface area (Å²) in [6, 6.07) is 0. The molecule has 0 aromatic rings. The molecule has 0 aromatic heterocycles. The minimum Gasteiger partial charge on any atom is -0.479 e. The van der Waals surface area contributed by atoms with Gasteiger partial charge in [-0.3, -0.25) is 0 Å². The Hall–Kier alpha value is -0.900. The summed E-state index contributed by atoms with van der Waals surface area (Å²) in [5.74, 6) is -1.59. The van der Waals surface area contributed by atoms with Gasteiger partial charge in [-0.15, -0.1) is 0 Å². The van der Waals surface area contributed by atoms with E-state index in [1.165, 1.54) is 0 Å². The molecular formula is C11H17FO3. The highest BCUT2D eigenvalue weighted by molar-refractivity contribution is 5.72. The first-order valence-electron chi connectivity index (χ1n) is 5.14. The molecule has 1 aliphatic carbocycles. The van der Waals surface area contributed by atoms with Gasteiger partial charge in [0.1, 0.15) is 0 Å². The summed E-state index contributed by atoms with van der Waals surface area (Å²) < 4.78 is 13.1. The zero-order valence-corrected chi connectivity index (χ0v) is 8.98. The van der Waals surface area contributed by atoms with Crippen LogP contribution in [0, 0.1) is 11.8 Å². The highest BCUT2D eigenvalue weighted by atomic mass is 19.1. The van der Waals surface area contributed by atoms with Gasteiger partial charge in [-0.1, -0.05) is 18.6 Å². The van der Waals surface area contributed by atoms with Gasteiger partial charge in [0.2, 0.25) is 6.17 Å². The lowest BCUT2D eigenvalue weighted by atomic mass is 9.79. The average molecular weight is 216 g/mol. The van der Waals surface area contributed by atoms with E-state index in [0.717, 1.165) is 5.57 Å². The zero-order chi connectivity index (χ0) is 11.6. The summed E-state index contributed by atoms with van der Waals surface area (Å²) in [6.07, 6.45) is -0.260. The lowest BCUT2D eigenvalue weighted by Crippen LogP contribution is -2.37. The third kappa shape index (κ3) is 3.02. The van der Waals surface area contributed by atoms with E-state index in [9.17, 15) is 14.3 Å². The molecule has 0 amide bonds. The monoisotopic (exact) mass is 216 g/mol. The topological polar surface area (TPSA) is 57.5 Å². The van der Waals surface area contributed by atoms with Crippen molar-refractivity contribution in [1.82, 2.24) is 0 Å². The highest BCUT2D eigenvalue weighted by Crippen LogP contribution is 2.31. The first-order chi connectivity index (χ1) is 6.91. The number of carboxylic acids is 1. The van der Waals surface area contributed by atoms with E-state index in [2.05, 4.69) is 6.08 Å². The maximum atomic E-state index is 13.1. The van der Waals surface area contributed by atoms with Crippen molar-refractivity contribution >= 4 is 5.97 Å². The van der Waals surface area contributed by atoms with Crippen molar-refractivity contribution in [2.24, 2.45) is 11.8 Å². The van der Waals surface area contributed by atoms with Gasteiger partial charge < -0.3 is 10.2 Å². The van der Waals surface area contributed by atoms with Crippen LogP contribution in [0.15, 0.2) is 11.6 Å². The van der Waals surface area contributed by atoms with E-state index in [0.29, 0.717) is 12.8 Å². The van der Waals surface area contributed by atoms with Gasteiger partial charge in [0.15, 0.2) is 0 Å². The fraction of sp³-hybridized carbons (Fsp3) is 0.727. The fourth-order valence-corrected chi connectivity index (χ4v) is 2.24. The van der Waals surface area contributed by atoms with Crippen LogP contribution in [0.3, 0.4) is 0 Å². The summed E-state index contributed by atoms with van der Waals surface area (Å²) >= 11 is 0. The van der Waals surface area contributed by atoms with Crippen LogP contribution in [0.25, 0.3) is 0 Å². The van der Waals surface area contributed by atoms with Crippen molar-refractivity contribution in [2.75, 3.05) is 0 Å². The maximum absolute atomic E-state index is 13.1. The van der Waals surface area contributed by atoms with E-state index in [1.807, 2.05) is 13.8 Å². The molecule has 15 heavy (non-hydrogen) atoms. The molecule has 0 heterocycles. The molecule has 4 unspecified atom stereocenters.